The van der Waals surface area contributed by atoms with Crippen LogP contribution in [0.2, 0.25) is 0 Å². The van der Waals surface area contributed by atoms with Gasteiger partial charge < -0.3 is 5.73 Å². The summed E-state index contributed by atoms with van der Waals surface area (Å²) >= 11 is 0. The van der Waals surface area contributed by atoms with E-state index in [-0.39, 0.29) is 6.04 Å². The second kappa shape index (κ2) is 4.41. The van der Waals surface area contributed by atoms with Gasteiger partial charge in [-0.3, -0.25) is 0 Å². The molecule has 0 bridgehead atoms. The lowest BCUT2D eigenvalue weighted by Crippen LogP contribution is -2.25. The van der Waals surface area contributed by atoms with Gasteiger partial charge in [0.2, 0.25) is 0 Å². The molecule has 11 heavy (non-hydrogen) atoms. The maximum Gasteiger partial charge on any atom is 0.0101 e. The van der Waals surface area contributed by atoms with Crippen LogP contribution in [0.15, 0.2) is 0 Å². The van der Waals surface area contributed by atoms with Crippen LogP contribution in [0.25, 0.3) is 0 Å². The van der Waals surface area contributed by atoms with Gasteiger partial charge in [-0.25, -0.2) is 0 Å². The molecule has 0 aliphatic carbocycles. The first kappa shape index (κ1) is 10.5. The second-order valence-electron chi connectivity index (χ2n) is 4.27. The van der Waals surface area contributed by atoms with E-state index in [1.807, 2.05) is 0 Å². The van der Waals surface area contributed by atoms with Gasteiger partial charge in [0, 0.05) is 12.5 Å². The molecule has 0 aliphatic heterocycles. The van der Waals surface area contributed by atoms with E-state index in [1.165, 1.54) is 0 Å². The molecule has 0 rings (SSSR count). The molecule has 0 aromatic heterocycles. The van der Waals surface area contributed by atoms with E-state index in [0.717, 1.165) is 19.3 Å². The predicted molar refractivity (Wildman–Crippen MR) is 50.1 cm³/mol. The van der Waals surface area contributed by atoms with Crippen molar-refractivity contribution in [2.75, 3.05) is 0 Å². The molecule has 1 atom stereocenters. The molecule has 64 valence electrons. The standard InChI is InChI=1S/C10H19N/c1-5-6-7-9(11)8-10(2,3)4/h1,9H,6-8,11H2,2-4H3. The molecule has 1 nitrogen and oxygen atoms in total. The zero-order valence-electron chi connectivity index (χ0n) is 7.85. The molecular formula is C10H19N. The van der Waals surface area contributed by atoms with Crippen LogP contribution in [0.5, 0.6) is 0 Å². The maximum absolute atomic E-state index is 5.85. The highest BCUT2D eigenvalue weighted by molar-refractivity contribution is 4.85. The number of hydrogen-bond acceptors (Lipinski definition) is 1. The predicted octanol–water partition coefficient (Wildman–Crippen LogP) is 2.16. The Morgan fingerprint density at radius 1 is 1.45 bits per heavy atom. The molecule has 0 aromatic carbocycles. The van der Waals surface area contributed by atoms with Crippen LogP contribution in [-0.2, 0) is 0 Å². The molecule has 0 saturated carbocycles. The van der Waals surface area contributed by atoms with Crippen molar-refractivity contribution in [1.82, 2.24) is 0 Å². The van der Waals surface area contributed by atoms with E-state index in [1.54, 1.807) is 0 Å². The fourth-order valence-electron chi connectivity index (χ4n) is 1.16. The van der Waals surface area contributed by atoms with Gasteiger partial charge in [-0.15, -0.1) is 12.3 Å². The first-order valence-electron chi connectivity index (χ1n) is 4.15. The van der Waals surface area contributed by atoms with Gasteiger partial charge in [0.1, 0.15) is 0 Å². The Kier molecular flexibility index (Phi) is 4.22. The lowest BCUT2D eigenvalue weighted by molar-refractivity contribution is 0.332. The largest absolute Gasteiger partial charge is 0.328 e. The van der Waals surface area contributed by atoms with Gasteiger partial charge in [-0.05, 0) is 18.3 Å². The topological polar surface area (TPSA) is 26.0 Å². The van der Waals surface area contributed by atoms with Crippen molar-refractivity contribution < 1.29 is 0 Å². The van der Waals surface area contributed by atoms with Crippen molar-refractivity contribution in [2.24, 2.45) is 11.1 Å². The summed E-state index contributed by atoms with van der Waals surface area (Å²) in [6.07, 6.45) is 7.94. The highest BCUT2D eigenvalue weighted by atomic mass is 14.6. The van der Waals surface area contributed by atoms with Gasteiger partial charge in [-0.2, -0.15) is 0 Å². The van der Waals surface area contributed by atoms with Crippen molar-refractivity contribution in [3.8, 4) is 12.3 Å². The zero-order valence-corrected chi connectivity index (χ0v) is 7.85. The van der Waals surface area contributed by atoms with E-state index in [9.17, 15) is 0 Å². The molecule has 1 unspecified atom stereocenters. The second-order valence-corrected chi connectivity index (χ2v) is 4.27. The van der Waals surface area contributed by atoms with Crippen LogP contribution in [-0.4, -0.2) is 6.04 Å². The fourth-order valence-corrected chi connectivity index (χ4v) is 1.16. The number of terminal acetylenes is 1. The smallest absolute Gasteiger partial charge is 0.0101 e. The zero-order chi connectivity index (χ0) is 8.91. The first-order valence-corrected chi connectivity index (χ1v) is 4.15. The summed E-state index contributed by atoms with van der Waals surface area (Å²) in [6.45, 7) is 6.59. The number of nitrogens with two attached hydrogens (primary N) is 1. The summed E-state index contributed by atoms with van der Waals surface area (Å²) in [4.78, 5) is 0. The molecule has 1 heteroatoms. The molecule has 0 aliphatic rings. The van der Waals surface area contributed by atoms with Crippen LogP contribution < -0.4 is 5.73 Å². The van der Waals surface area contributed by atoms with Crippen LogP contribution in [0.4, 0.5) is 0 Å². The summed E-state index contributed by atoms with van der Waals surface area (Å²) in [5, 5.41) is 0. The SMILES string of the molecule is C#CCCC(N)CC(C)(C)C. The van der Waals surface area contributed by atoms with Gasteiger partial charge in [0.05, 0.1) is 0 Å². The van der Waals surface area contributed by atoms with Crippen LogP contribution >= 0.6 is 0 Å². The molecule has 0 aromatic rings. The van der Waals surface area contributed by atoms with Crippen LogP contribution in [0.3, 0.4) is 0 Å². The van der Waals surface area contributed by atoms with E-state index in [0.29, 0.717) is 5.41 Å². The quantitative estimate of drug-likeness (QED) is 0.618. The minimum absolute atomic E-state index is 0.269. The average molecular weight is 153 g/mol. The van der Waals surface area contributed by atoms with Crippen molar-refractivity contribution in [3.63, 3.8) is 0 Å². The number of hydrogen-bond donors (Lipinski definition) is 1. The molecule has 0 radical (unpaired) electrons. The normalized spacial score (nSPS) is 14.1. The summed E-state index contributed by atoms with van der Waals surface area (Å²) in [6, 6.07) is 0.269. The van der Waals surface area contributed by atoms with Gasteiger partial charge in [0.15, 0.2) is 0 Å². The Bertz CT molecular complexity index is 136. The minimum atomic E-state index is 0.269. The maximum atomic E-state index is 5.85. The summed E-state index contributed by atoms with van der Waals surface area (Å²) < 4.78 is 0. The van der Waals surface area contributed by atoms with Crippen LogP contribution in [0.1, 0.15) is 40.0 Å². The highest BCUT2D eigenvalue weighted by Crippen LogP contribution is 2.21. The van der Waals surface area contributed by atoms with Gasteiger partial charge in [0.25, 0.3) is 0 Å². The number of rotatable bonds is 3. The summed E-state index contributed by atoms with van der Waals surface area (Å²) in [7, 11) is 0. The Morgan fingerprint density at radius 2 is 2.00 bits per heavy atom. The summed E-state index contributed by atoms with van der Waals surface area (Å²) in [5.74, 6) is 2.60. The molecular weight excluding hydrogens is 134 g/mol. The third kappa shape index (κ3) is 7.42. The van der Waals surface area contributed by atoms with Crippen molar-refractivity contribution in [2.45, 2.75) is 46.1 Å². The van der Waals surface area contributed by atoms with E-state index in [4.69, 9.17) is 12.2 Å². The van der Waals surface area contributed by atoms with Gasteiger partial charge in [-0.1, -0.05) is 20.8 Å². The Hall–Kier alpha value is -0.480. The van der Waals surface area contributed by atoms with E-state index < -0.39 is 0 Å². The fraction of sp³-hybridized carbons (Fsp3) is 0.800. The lowest BCUT2D eigenvalue weighted by atomic mass is 9.87. The average Bonchev–Trinajstić information content (AvgIpc) is 1.79. The highest BCUT2D eigenvalue weighted by Gasteiger charge is 2.14. The lowest BCUT2D eigenvalue weighted by Gasteiger charge is -2.22. The molecule has 2 N–H and O–H groups in total. The monoisotopic (exact) mass is 153 g/mol. The van der Waals surface area contributed by atoms with Crippen molar-refractivity contribution >= 4 is 0 Å². The molecule has 0 spiro atoms. The Morgan fingerprint density at radius 3 is 2.36 bits per heavy atom. The third-order valence-corrected chi connectivity index (χ3v) is 1.53. The van der Waals surface area contributed by atoms with E-state index in [2.05, 4.69) is 26.7 Å². The summed E-state index contributed by atoms with van der Waals surface area (Å²) in [5.41, 5.74) is 6.18. The van der Waals surface area contributed by atoms with Crippen LogP contribution in [0, 0.1) is 17.8 Å². The molecule has 0 fully saturated rings. The first-order chi connectivity index (χ1) is 4.95. The molecule has 0 amide bonds. The Balaban J connectivity index is 3.54. The van der Waals surface area contributed by atoms with E-state index >= 15 is 0 Å². The molecule has 0 saturated heterocycles. The Labute approximate surface area is 70.4 Å². The van der Waals surface area contributed by atoms with Crippen molar-refractivity contribution in [1.29, 1.82) is 0 Å². The third-order valence-electron chi connectivity index (χ3n) is 1.53. The van der Waals surface area contributed by atoms with Gasteiger partial charge >= 0.3 is 0 Å². The molecule has 0 heterocycles. The van der Waals surface area contributed by atoms with Crippen molar-refractivity contribution in [3.05, 3.63) is 0 Å². The minimum Gasteiger partial charge on any atom is -0.328 e.